The average molecular weight is 425 g/mol. The Morgan fingerprint density at radius 3 is 1.79 bits per heavy atom. The summed E-state index contributed by atoms with van der Waals surface area (Å²) in [5.74, 6) is 0.595. The van der Waals surface area contributed by atoms with E-state index >= 15 is 0 Å². The van der Waals surface area contributed by atoms with Crippen molar-refractivity contribution in [3.63, 3.8) is 0 Å². The fourth-order valence-corrected chi connectivity index (χ4v) is 5.45. The van der Waals surface area contributed by atoms with Gasteiger partial charge in [-0.15, -0.1) is 0 Å². The lowest BCUT2D eigenvalue weighted by molar-refractivity contribution is 0.647. The first kappa shape index (κ1) is 20.0. The van der Waals surface area contributed by atoms with Crippen LogP contribution < -0.4 is 0 Å². The van der Waals surface area contributed by atoms with E-state index in [0.717, 1.165) is 6.42 Å². The summed E-state index contributed by atoms with van der Waals surface area (Å²) in [5.41, 5.74) is 9.84. The van der Waals surface area contributed by atoms with Gasteiger partial charge in [0, 0.05) is 0 Å². The van der Waals surface area contributed by atoms with Crippen LogP contribution in [0, 0.1) is 5.92 Å². The fraction of sp³-hybridized carbons (Fsp3) is 0.152. The summed E-state index contributed by atoms with van der Waals surface area (Å²) < 4.78 is 0. The van der Waals surface area contributed by atoms with Crippen LogP contribution in [0.2, 0.25) is 0 Å². The largest absolute Gasteiger partial charge is 0.0648 e. The van der Waals surface area contributed by atoms with Gasteiger partial charge in [0.25, 0.3) is 0 Å². The summed E-state index contributed by atoms with van der Waals surface area (Å²) >= 11 is 0. The van der Waals surface area contributed by atoms with Gasteiger partial charge in [0.15, 0.2) is 0 Å². The Morgan fingerprint density at radius 1 is 0.606 bits per heavy atom. The van der Waals surface area contributed by atoms with Gasteiger partial charge in [-0.2, -0.15) is 0 Å². The van der Waals surface area contributed by atoms with Gasteiger partial charge in [0.05, 0.1) is 0 Å². The van der Waals surface area contributed by atoms with Crippen LogP contribution in [0.3, 0.4) is 0 Å². The molecule has 0 N–H and O–H groups in total. The molecule has 6 rings (SSSR count). The molecule has 0 aliphatic heterocycles. The van der Waals surface area contributed by atoms with Crippen LogP contribution in [0.25, 0.3) is 49.9 Å². The van der Waals surface area contributed by atoms with Crippen molar-refractivity contribution in [2.75, 3.05) is 0 Å². The summed E-state index contributed by atoms with van der Waals surface area (Å²) in [6.07, 6.45) is 4.71. The van der Waals surface area contributed by atoms with Crippen LogP contribution in [-0.4, -0.2) is 0 Å². The Kier molecular flexibility index (Phi) is 4.88. The molecule has 33 heavy (non-hydrogen) atoms. The summed E-state index contributed by atoms with van der Waals surface area (Å²) in [6, 6.07) is 35.6. The zero-order valence-electron chi connectivity index (χ0n) is 19.3. The molecule has 1 aliphatic carbocycles. The molecule has 0 heteroatoms. The van der Waals surface area contributed by atoms with E-state index in [1.165, 1.54) is 61.3 Å². The maximum absolute atomic E-state index is 2.50. The molecule has 0 fully saturated rings. The molecule has 5 aromatic carbocycles. The number of allylic oxidation sites excluding steroid dienone is 1. The lowest BCUT2D eigenvalue weighted by Crippen LogP contribution is -1.99. The highest BCUT2D eigenvalue weighted by molar-refractivity contribution is 6.02. The Labute approximate surface area is 196 Å². The molecule has 0 heterocycles. The molecule has 0 amide bonds. The normalized spacial score (nSPS) is 13.8. The molecule has 0 aromatic heterocycles. The second-order valence-corrected chi connectivity index (χ2v) is 9.31. The minimum absolute atomic E-state index is 0.595. The van der Waals surface area contributed by atoms with Crippen molar-refractivity contribution in [3.05, 3.63) is 114 Å². The SMILES string of the molecule is CCC(C)C1=Cc2c(-c3cccc4ccccc34)ccc(-c3cccc4ccccc34)c2C1. The van der Waals surface area contributed by atoms with Crippen molar-refractivity contribution in [2.24, 2.45) is 5.92 Å². The van der Waals surface area contributed by atoms with E-state index in [4.69, 9.17) is 0 Å². The minimum Gasteiger partial charge on any atom is -0.0648 e. The number of rotatable bonds is 4. The first-order valence-corrected chi connectivity index (χ1v) is 12.1. The molecule has 160 valence electrons. The molecule has 0 saturated carbocycles. The van der Waals surface area contributed by atoms with Crippen LogP contribution in [0.4, 0.5) is 0 Å². The average Bonchev–Trinajstić information content (AvgIpc) is 3.33. The van der Waals surface area contributed by atoms with Gasteiger partial charge in [0.1, 0.15) is 0 Å². The highest BCUT2D eigenvalue weighted by Gasteiger charge is 2.24. The van der Waals surface area contributed by atoms with Gasteiger partial charge >= 0.3 is 0 Å². The van der Waals surface area contributed by atoms with Gasteiger partial charge in [-0.25, -0.2) is 0 Å². The van der Waals surface area contributed by atoms with E-state index in [2.05, 4.69) is 117 Å². The van der Waals surface area contributed by atoms with E-state index in [-0.39, 0.29) is 0 Å². The topological polar surface area (TPSA) is 0 Å². The van der Waals surface area contributed by atoms with Crippen molar-refractivity contribution < 1.29 is 0 Å². The number of benzene rings is 5. The molecule has 5 aromatic rings. The summed E-state index contributed by atoms with van der Waals surface area (Å²) in [7, 11) is 0. The number of hydrogen-bond donors (Lipinski definition) is 0. The Bertz CT molecular complexity index is 1520. The van der Waals surface area contributed by atoms with E-state index < -0.39 is 0 Å². The predicted octanol–water partition coefficient (Wildman–Crippen LogP) is 9.31. The zero-order valence-corrected chi connectivity index (χ0v) is 19.3. The third-order valence-corrected chi connectivity index (χ3v) is 7.47. The second-order valence-electron chi connectivity index (χ2n) is 9.31. The van der Waals surface area contributed by atoms with Gasteiger partial charge in [0.2, 0.25) is 0 Å². The molecule has 0 saturated heterocycles. The molecule has 0 nitrogen and oxygen atoms in total. The molecule has 0 bridgehead atoms. The Morgan fingerprint density at radius 2 is 1.15 bits per heavy atom. The molecule has 0 spiro atoms. The van der Waals surface area contributed by atoms with E-state index in [1.807, 2.05) is 0 Å². The van der Waals surface area contributed by atoms with Crippen LogP contribution in [0.15, 0.2) is 103 Å². The van der Waals surface area contributed by atoms with Gasteiger partial charge < -0.3 is 0 Å². The van der Waals surface area contributed by atoms with Crippen molar-refractivity contribution >= 4 is 27.6 Å². The molecular formula is C33H28. The quantitative estimate of drug-likeness (QED) is 0.269. The smallest absolute Gasteiger partial charge is 0.00488 e. The third-order valence-electron chi connectivity index (χ3n) is 7.47. The number of fused-ring (bicyclic) bond motifs is 3. The summed E-state index contributed by atoms with van der Waals surface area (Å²) in [4.78, 5) is 0. The lowest BCUT2D eigenvalue weighted by Gasteiger charge is -2.17. The van der Waals surface area contributed by atoms with E-state index in [9.17, 15) is 0 Å². The Balaban J connectivity index is 1.62. The second kappa shape index (κ2) is 8.05. The van der Waals surface area contributed by atoms with E-state index in [0.29, 0.717) is 5.92 Å². The van der Waals surface area contributed by atoms with Gasteiger partial charge in [-0.1, -0.05) is 123 Å². The van der Waals surface area contributed by atoms with Crippen molar-refractivity contribution in [3.8, 4) is 22.3 Å². The van der Waals surface area contributed by atoms with Crippen molar-refractivity contribution in [1.29, 1.82) is 0 Å². The molecular weight excluding hydrogens is 396 g/mol. The maximum Gasteiger partial charge on any atom is -0.00488 e. The first-order valence-electron chi connectivity index (χ1n) is 12.1. The standard InChI is InChI=1S/C33H28/c1-3-22(2)25-20-32-30(28-16-8-12-23-10-4-6-14-26(23)28)18-19-31(33(32)21-25)29-17-9-13-24-11-5-7-15-27(24)29/h4-20,22H,3,21H2,1-2H3. The van der Waals surface area contributed by atoms with Crippen molar-refractivity contribution in [1.82, 2.24) is 0 Å². The molecule has 1 atom stereocenters. The fourth-order valence-electron chi connectivity index (χ4n) is 5.45. The monoisotopic (exact) mass is 424 g/mol. The summed E-state index contributed by atoms with van der Waals surface area (Å²) in [6.45, 7) is 4.67. The van der Waals surface area contributed by atoms with Crippen LogP contribution >= 0.6 is 0 Å². The zero-order chi connectivity index (χ0) is 22.4. The van der Waals surface area contributed by atoms with Crippen LogP contribution in [0.1, 0.15) is 31.4 Å². The predicted molar refractivity (Wildman–Crippen MR) is 143 cm³/mol. The van der Waals surface area contributed by atoms with E-state index in [1.54, 1.807) is 5.57 Å². The molecule has 1 unspecified atom stereocenters. The highest BCUT2D eigenvalue weighted by atomic mass is 14.3. The minimum atomic E-state index is 0.595. The van der Waals surface area contributed by atoms with Crippen LogP contribution in [0.5, 0.6) is 0 Å². The molecule has 0 radical (unpaired) electrons. The lowest BCUT2D eigenvalue weighted by atomic mass is 9.87. The highest BCUT2D eigenvalue weighted by Crippen LogP contribution is 2.44. The summed E-state index contributed by atoms with van der Waals surface area (Å²) in [5, 5.41) is 5.25. The first-order chi connectivity index (χ1) is 16.2. The third kappa shape index (κ3) is 3.29. The number of hydrogen-bond acceptors (Lipinski definition) is 0. The Hall–Kier alpha value is -3.64. The maximum atomic E-state index is 2.50. The van der Waals surface area contributed by atoms with Crippen molar-refractivity contribution in [2.45, 2.75) is 26.7 Å². The molecule has 1 aliphatic rings. The van der Waals surface area contributed by atoms with Gasteiger partial charge in [-0.3, -0.25) is 0 Å². The van der Waals surface area contributed by atoms with Gasteiger partial charge in [-0.05, 0) is 73.7 Å². The van der Waals surface area contributed by atoms with Crippen LogP contribution in [-0.2, 0) is 6.42 Å².